The Balaban J connectivity index is 1.80. The zero-order valence-electron chi connectivity index (χ0n) is 14.2. The van der Waals surface area contributed by atoms with Crippen LogP contribution in [0.4, 0.5) is 0 Å². The molecule has 0 spiro atoms. The van der Waals surface area contributed by atoms with E-state index in [1.807, 2.05) is 31.2 Å². The molecule has 3 N–H and O–H groups in total. The summed E-state index contributed by atoms with van der Waals surface area (Å²) in [7, 11) is 0. The first-order valence-corrected chi connectivity index (χ1v) is 8.17. The molecule has 1 heterocycles. The average molecular weight is 338 g/mol. The summed E-state index contributed by atoms with van der Waals surface area (Å²) in [5, 5.41) is 2.81. The highest BCUT2D eigenvalue weighted by Gasteiger charge is 2.04. The number of nitrogens with zero attached hydrogens (tertiary/aromatic N) is 1. The summed E-state index contributed by atoms with van der Waals surface area (Å²) in [5.74, 6) is -0.355. The quantitative estimate of drug-likeness (QED) is 0.391. The van der Waals surface area contributed by atoms with Crippen LogP contribution in [0, 0.1) is 0 Å². The lowest BCUT2D eigenvalue weighted by molar-refractivity contribution is -0.116. The molecule has 1 aromatic carbocycles. The topological polar surface area (TPSA) is 83.1 Å². The Morgan fingerprint density at radius 2 is 1.80 bits per heavy atom. The number of aromatic nitrogens is 1. The summed E-state index contributed by atoms with van der Waals surface area (Å²) in [6.07, 6.45) is 7.50. The number of pyridine rings is 1. The first kappa shape index (κ1) is 18.4. The van der Waals surface area contributed by atoms with Crippen LogP contribution in [0.3, 0.4) is 0 Å². The monoisotopic (exact) mass is 338 g/mol. The highest BCUT2D eigenvalue weighted by Crippen LogP contribution is 2.04. The van der Waals surface area contributed by atoms with E-state index in [0.29, 0.717) is 12.1 Å². The molecule has 0 saturated carbocycles. The molecule has 6 heteroatoms. The third kappa shape index (κ3) is 6.56. The third-order valence-electron chi connectivity index (χ3n) is 3.39. The molecule has 0 radical (unpaired) electrons. The van der Waals surface area contributed by atoms with Crippen LogP contribution < -0.4 is 16.2 Å². The molecule has 0 bridgehead atoms. The number of hydrazine groups is 1. The zero-order chi connectivity index (χ0) is 17.9. The van der Waals surface area contributed by atoms with Gasteiger partial charge in [-0.2, -0.15) is 0 Å². The maximum absolute atomic E-state index is 11.9. The molecule has 0 saturated heterocycles. The average Bonchev–Trinajstić information content (AvgIpc) is 2.66. The van der Waals surface area contributed by atoms with Gasteiger partial charge in [0.2, 0.25) is 5.91 Å². The lowest BCUT2D eigenvalue weighted by atomic mass is 10.1. The number of hydrogen-bond acceptors (Lipinski definition) is 4. The molecule has 0 aliphatic carbocycles. The molecule has 25 heavy (non-hydrogen) atoms. The Bertz CT molecular complexity index is 712. The number of hydrogen-bond donors (Lipinski definition) is 3. The summed E-state index contributed by atoms with van der Waals surface area (Å²) in [6, 6.07) is 10.8. The van der Waals surface area contributed by atoms with Crippen molar-refractivity contribution in [2.75, 3.05) is 6.54 Å². The van der Waals surface area contributed by atoms with Gasteiger partial charge in [0.05, 0.1) is 0 Å². The smallest absolute Gasteiger partial charge is 0.265 e. The van der Waals surface area contributed by atoms with Gasteiger partial charge in [-0.1, -0.05) is 19.1 Å². The molecule has 0 aliphatic rings. The molecular formula is C19H22N4O2. The molecule has 0 unspecified atom stereocenters. The Morgan fingerprint density at radius 3 is 2.48 bits per heavy atom. The highest BCUT2D eigenvalue weighted by atomic mass is 16.2. The van der Waals surface area contributed by atoms with Gasteiger partial charge in [-0.15, -0.1) is 0 Å². The van der Waals surface area contributed by atoms with Crippen molar-refractivity contribution in [3.8, 4) is 0 Å². The van der Waals surface area contributed by atoms with Crippen molar-refractivity contribution in [1.82, 2.24) is 21.2 Å². The van der Waals surface area contributed by atoms with Gasteiger partial charge in [0, 0.05) is 37.1 Å². The minimum absolute atomic E-state index is 0.177. The van der Waals surface area contributed by atoms with Crippen LogP contribution in [0.15, 0.2) is 54.9 Å². The fourth-order valence-electron chi connectivity index (χ4n) is 2.01. The maximum atomic E-state index is 11.9. The summed E-state index contributed by atoms with van der Waals surface area (Å²) in [6.45, 7) is 3.15. The Labute approximate surface area is 147 Å². The van der Waals surface area contributed by atoms with Crippen molar-refractivity contribution >= 4 is 17.9 Å². The van der Waals surface area contributed by atoms with Crippen LogP contribution in [0.25, 0.3) is 6.08 Å². The number of benzene rings is 1. The predicted octanol–water partition coefficient (Wildman–Crippen LogP) is 2.06. The standard InChI is InChI=1S/C19H22N4O2/c1-2-11-22-23-19(25)17-6-3-16(4-7-17)14-21-18(24)8-5-15-9-12-20-13-10-15/h3-10,12-13,22H,2,11,14H2,1H3,(H,21,24)(H,23,25). The second-order valence-electron chi connectivity index (χ2n) is 5.41. The van der Waals surface area contributed by atoms with Gasteiger partial charge in [0.1, 0.15) is 0 Å². The number of nitrogens with one attached hydrogen (secondary N) is 3. The van der Waals surface area contributed by atoms with Crippen LogP contribution in [0.5, 0.6) is 0 Å². The lowest BCUT2D eigenvalue weighted by Gasteiger charge is -2.07. The molecule has 2 rings (SSSR count). The Hall–Kier alpha value is -2.99. The van der Waals surface area contributed by atoms with E-state index >= 15 is 0 Å². The van der Waals surface area contributed by atoms with Gasteiger partial charge in [0.15, 0.2) is 0 Å². The van der Waals surface area contributed by atoms with E-state index in [4.69, 9.17) is 0 Å². The minimum Gasteiger partial charge on any atom is -0.348 e. The molecular weight excluding hydrogens is 316 g/mol. The number of rotatable bonds is 8. The summed E-state index contributed by atoms with van der Waals surface area (Å²) >= 11 is 0. The predicted molar refractivity (Wildman–Crippen MR) is 97.3 cm³/mol. The summed E-state index contributed by atoms with van der Waals surface area (Å²) in [5.41, 5.74) is 7.88. The molecule has 6 nitrogen and oxygen atoms in total. The van der Waals surface area contributed by atoms with Crippen LogP contribution in [-0.4, -0.2) is 23.3 Å². The summed E-state index contributed by atoms with van der Waals surface area (Å²) in [4.78, 5) is 27.6. The van der Waals surface area contributed by atoms with E-state index in [1.165, 1.54) is 6.08 Å². The largest absolute Gasteiger partial charge is 0.348 e. The Morgan fingerprint density at radius 1 is 1.08 bits per heavy atom. The van der Waals surface area contributed by atoms with E-state index in [1.54, 1.807) is 30.6 Å². The SMILES string of the molecule is CCCNNC(=O)c1ccc(CNC(=O)C=Cc2ccncc2)cc1. The minimum atomic E-state index is -0.178. The van der Waals surface area contributed by atoms with E-state index < -0.39 is 0 Å². The fourth-order valence-corrected chi connectivity index (χ4v) is 2.01. The second-order valence-corrected chi connectivity index (χ2v) is 5.41. The van der Waals surface area contributed by atoms with Gasteiger partial charge in [0.25, 0.3) is 5.91 Å². The van der Waals surface area contributed by atoms with E-state index in [0.717, 1.165) is 24.1 Å². The second kappa shape index (κ2) is 10.00. The van der Waals surface area contributed by atoms with Crippen molar-refractivity contribution < 1.29 is 9.59 Å². The number of carbonyl (C=O) groups excluding carboxylic acids is 2. The van der Waals surface area contributed by atoms with Gasteiger partial charge in [-0.3, -0.25) is 20.0 Å². The normalized spacial score (nSPS) is 10.6. The van der Waals surface area contributed by atoms with Gasteiger partial charge < -0.3 is 5.32 Å². The molecule has 1 aromatic heterocycles. The highest BCUT2D eigenvalue weighted by molar-refractivity contribution is 5.94. The van der Waals surface area contributed by atoms with E-state index in [-0.39, 0.29) is 11.8 Å². The van der Waals surface area contributed by atoms with E-state index in [2.05, 4.69) is 21.2 Å². The lowest BCUT2D eigenvalue weighted by Crippen LogP contribution is -2.37. The third-order valence-corrected chi connectivity index (χ3v) is 3.39. The van der Waals surface area contributed by atoms with Crippen LogP contribution in [-0.2, 0) is 11.3 Å². The molecule has 0 aliphatic heterocycles. The van der Waals surface area contributed by atoms with E-state index in [9.17, 15) is 9.59 Å². The first-order valence-electron chi connectivity index (χ1n) is 8.17. The molecule has 2 amide bonds. The van der Waals surface area contributed by atoms with Crippen LogP contribution >= 0.6 is 0 Å². The van der Waals surface area contributed by atoms with Crippen molar-refractivity contribution in [3.63, 3.8) is 0 Å². The van der Waals surface area contributed by atoms with Gasteiger partial charge in [-0.25, -0.2) is 5.43 Å². The van der Waals surface area contributed by atoms with Crippen LogP contribution in [0.2, 0.25) is 0 Å². The van der Waals surface area contributed by atoms with Gasteiger partial charge >= 0.3 is 0 Å². The fraction of sp³-hybridized carbons (Fsp3) is 0.211. The molecule has 2 aromatic rings. The van der Waals surface area contributed by atoms with Gasteiger partial charge in [-0.05, 0) is 47.9 Å². The first-order chi connectivity index (χ1) is 12.2. The van der Waals surface area contributed by atoms with Crippen molar-refractivity contribution in [2.24, 2.45) is 0 Å². The number of carbonyl (C=O) groups is 2. The van der Waals surface area contributed by atoms with Crippen molar-refractivity contribution in [3.05, 3.63) is 71.6 Å². The molecule has 0 fully saturated rings. The molecule has 0 atom stereocenters. The number of amides is 2. The van der Waals surface area contributed by atoms with Crippen LogP contribution in [0.1, 0.15) is 34.8 Å². The Kier molecular flexibility index (Phi) is 7.34. The van der Waals surface area contributed by atoms with Crippen molar-refractivity contribution in [1.29, 1.82) is 0 Å². The maximum Gasteiger partial charge on any atom is 0.265 e. The molecule has 130 valence electrons. The van der Waals surface area contributed by atoms with Crippen molar-refractivity contribution in [2.45, 2.75) is 19.9 Å². The zero-order valence-corrected chi connectivity index (χ0v) is 14.2. The summed E-state index contributed by atoms with van der Waals surface area (Å²) < 4.78 is 0.